The summed E-state index contributed by atoms with van der Waals surface area (Å²) in [5.74, 6) is 5.33. The Kier molecular flexibility index (Phi) is 4.07. The molecule has 0 spiro atoms. The summed E-state index contributed by atoms with van der Waals surface area (Å²) in [6, 6.07) is 11.5. The molecule has 0 bridgehead atoms. The van der Waals surface area contributed by atoms with Crippen molar-refractivity contribution in [2.45, 2.75) is 13.3 Å². The average molecular weight is 266 g/mol. The van der Waals surface area contributed by atoms with E-state index in [1.807, 2.05) is 6.92 Å². The maximum Gasteiger partial charge on any atom is 0.335 e. The van der Waals surface area contributed by atoms with Crippen LogP contribution in [0.15, 0.2) is 42.5 Å². The molecule has 0 atom stereocenters. The van der Waals surface area contributed by atoms with Crippen molar-refractivity contribution in [1.29, 1.82) is 0 Å². The van der Waals surface area contributed by atoms with Crippen molar-refractivity contribution >= 4 is 5.97 Å². The molecule has 0 aliphatic rings. The maximum absolute atomic E-state index is 10.7. The minimum Gasteiger partial charge on any atom is -0.508 e. The van der Waals surface area contributed by atoms with Gasteiger partial charge < -0.3 is 10.2 Å². The highest BCUT2D eigenvalue weighted by Crippen LogP contribution is 2.16. The molecule has 100 valence electrons. The highest BCUT2D eigenvalue weighted by molar-refractivity contribution is 5.87. The Morgan fingerprint density at radius 3 is 2.40 bits per heavy atom. The molecular weight excluding hydrogens is 252 g/mol. The fourth-order valence-corrected chi connectivity index (χ4v) is 1.83. The molecule has 0 aromatic heterocycles. The van der Waals surface area contributed by atoms with Crippen LogP contribution in [0.2, 0.25) is 0 Å². The molecule has 0 radical (unpaired) electrons. The van der Waals surface area contributed by atoms with Gasteiger partial charge in [-0.05, 0) is 54.4 Å². The Balaban J connectivity index is 2.28. The number of hydrogen-bond donors (Lipinski definition) is 2. The predicted octanol–water partition coefficient (Wildman–Crippen LogP) is 3.05. The van der Waals surface area contributed by atoms with E-state index in [2.05, 4.69) is 11.8 Å². The lowest BCUT2D eigenvalue weighted by Crippen LogP contribution is -1.95. The van der Waals surface area contributed by atoms with Crippen molar-refractivity contribution in [3.8, 4) is 17.6 Å². The van der Waals surface area contributed by atoms with Crippen LogP contribution in [0, 0.1) is 11.8 Å². The SMILES string of the molecule is CCc1cc(O)ccc1C#Cc1ccc(C(=O)O)cc1. The Morgan fingerprint density at radius 1 is 1.10 bits per heavy atom. The molecule has 2 N–H and O–H groups in total. The van der Waals surface area contributed by atoms with Crippen LogP contribution >= 0.6 is 0 Å². The molecule has 2 aromatic carbocycles. The van der Waals surface area contributed by atoms with Crippen LogP contribution < -0.4 is 0 Å². The molecule has 0 aliphatic carbocycles. The van der Waals surface area contributed by atoms with Crippen LogP contribution in [-0.4, -0.2) is 16.2 Å². The van der Waals surface area contributed by atoms with Gasteiger partial charge in [0.1, 0.15) is 5.75 Å². The minimum absolute atomic E-state index is 0.234. The Morgan fingerprint density at radius 2 is 1.80 bits per heavy atom. The average Bonchev–Trinajstić information content (AvgIpc) is 2.46. The quantitative estimate of drug-likeness (QED) is 0.821. The number of carbonyl (C=O) groups is 1. The number of hydrogen-bond acceptors (Lipinski definition) is 2. The van der Waals surface area contributed by atoms with E-state index in [1.54, 1.807) is 30.3 Å². The highest BCUT2D eigenvalue weighted by Gasteiger charge is 2.01. The Hall–Kier alpha value is -2.73. The van der Waals surface area contributed by atoms with Crippen LogP contribution in [0.1, 0.15) is 34.0 Å². The standard InChI is InChI=1S/C17H14O3/c1-2-13-11-16(18)10-9-14(13)6-3-12-4-7-15(8-5-12)17(19)20/h4-5,7-11,18H,2H2,1H3,(H,19,20). The predicted molar refractivity (Wildman–Crippen MR) is 76.9 cm³/mol. The lowest BCUT2D eigenvalue weighted by molar-refractivity contribution is 0.0697. The van der Waals surface area contributed by atoms with Crippen LogP contribution in [0.3, 0.4) is 0 Å². The number of aromatic hydroxyl groups is 1. The van der Waals surface area contributed by atoms with E-state index in [1.165, 1.54) is 12.1 Å². The number of carboxylic acids is 1. The van der Waals surface area contributed by atoms with Crippen LogP contribution in [0.25, 0.3) is 0 Å². The second-order valence-electron chi connectivity index (χ2n) is 4.33. The number of rotatable bonds is 2. The summed E-state index contributed by atoms with van der Waals surface area (Å²) >= 11 is 0. The molecule has 0 saturated carbocycles. The third kappa shape index (κ3) is 3.18. The molecule has 3 nitrogen and oxygen atoms in total. The monoisotopic (exact) mass is 266 g/mol. The van der Waals surface area contributed by atoms with Gasteiger partial charge in [0.15, 0.2) is 0 Å². The Labute approximate surface area is 117 Å². The van der Waals surface area contributed by atoms with Crippen LogP contribution in [-0.2, 0) is 6.42 Å². The van der Waals surface area contributed by atoms with Gasteiger partial charge in [-0.2, -0.15) is 0 Å². The molecule has 3 heteroatoms. The molecule has 2 rings (SSSR count). The number of carboxylic acid groups (broad SMARTS) is 1. The van der Waals surface area contributed by atoms with Crippen molar-refractivity contribution < 1.29 is 15.0 Å². The van der Waals surface area contributed by atoms with Crippen LogP contribution in [0.5, 0.6) is 5.75 Å². The van der Waals surface area contributed by atoms with E-state index >= 15 is 0 Å². The molecule has 0 saturated heterocycles. The van der Waals surface area contributed by atoms with Crippen molar-refractivity contribution in [3.63, 3.8) is 0 Å². The molecule has 0 aliphatic heterocycles. The topological polar surface area (TPSA) is 57.5 Å². The van der Waals surface area contributed by atoms with E-state index in [0.717, 1.165) is 23.1 Å². The van der Waals surface area contributed by atoms with Gasteiger partial charge in [-0.15, -0.1) is 0 Å². The molecule has 0 amide bonds. The van der Waals surface area contributed by atoms with Crippen molar-refractivity contribution in [2.75, 3.05) is 0 Å². The molecule has 0 heterocycles. The lowest BCUT2D eigenvalue weighted by Gasteiger charge is -2.01. The van der Waals surface area contributed by atoms with Gasteiger partial charge >= 0.3 is 5.97 Å². The fraction of sp³-hybridized carbons (Fsp3) is 0.118. The summed E-state index contributed by atoms with van der Waals surface area (Å²) in [5.41, 5.74) is 2.85. The number of phenolic OH excluding ortho intramolecular Hbond substituents is 1. The summed E-state index contributed by atoms with van der Waals surface area (Å²) in [7, 11) is 0. The number of aromatic carboxylic acids is 1. The van der Waals surface area contributed by atoms with E-state index in [4.69, 9.17) is 5.11 Å². The van der Waals surface area contributed by atoms with E-state index < -0.39 is 5.97 Å². The maximum atomic E-state index is 10.7. The smallest absolute Gasteiger partial charge is 0.335 e. The van der Waals surface area contributed by atoms with Gasteiger partial charge in [-0.25, -0.2) is 4.79 Å². The first-order valence-electron chi connectivity index (χ1n) is 6.27. The van der Waals surface area contributed by atoms with Crippen molar-refractivity contribution in [3.05, 3.63) is 64.7 Å². The van der Waals surface area contributed by atoms with Gasteiger partial charge in [-0.1, -0.05) is 18.8 Å². The normalized spacial score (nSPS) is 9.65. The summed E-state index contributed by atoms with van der Waals surface area (Å²) in [5, 5.41) is 18.3. The van der Waals surface area contributed by atoms with E-state index in [-0.39, 0.29) is 11.3 Å². The second kappa shape index (κ2) is 5.94. The zero-order valence-corrected chi connectivity index (χ0v) is 11.1. The summed E-state index contributed by atoms with van der Waals surface area (Å²) in [4.78, 5) is 10.7. The first kappa shape index (κ1) is 13.7. The third-order valence-corrected chi connectivity index (χ3v) is 2.94. The van der Waals surface area contributed by atoms with Gasteiger partial charge in [0, 0.05) is 11.1 Å². The molecule has 2 aromatic rings. The van der Waals surface area contributed by atoms with Crippen LogP contribution in [0.4, 0.5) is 0 Å². The summed E-state index contributed by atoms with van der Waals surface area (Å²) in [6.45, 7) is 2.00. The largest absolute Gasteiger partial charge is 0.508 e. The minimum atomic E-state index is -0.948. The van der Waals surface area contributed by atoms with E-state index in [0.29, 0.717) is 0 Å². The van der Waals surface area contributed by atoms with E-state index in [9.17, 15) is 9.90 Å². The van der Waals surface area contributed by atoms with Gasteiger partial charge in [0.05, 0.1) is 5.56 Å². The first-order valence-corrected chi connectivity index (χ1v) is 6.27. The number of aryl methyl sites for hydroxylation is 1. The summed E-state index contributed by atoms with van der Waals surface area (Å²) < 4.78 is 0. The van der Waals surface area contributed by atoms with Gasteiger partial charge in [-0.3, -0.25) is 0 Å². The van der Waals surface area contributed by atoms with Crippen molar-refractivity contribution in [2.24, 2.45) is 0 Å². The van der Waals surface area contributed by atoms with Gasteiger partial charge in [0.25, 0.3) is 0 Å². The zero-order chi connectivity index (χ0) is 14.5. The fourth-order valence-electron chi connectivity index (χ4n) is 1.83. The second-order valence-corrected chi connectivity index (χ2v) is 4.33. The molecular formula is C17H14O3. The highest BCUT2D eigenvalue weighted by atomic mass is 16.4. The first-order chi connectivity index (χ1) is 9.60. The molecule has 0 unspecified atom stereocenters. The lowest BCUT2D eigenvalue weighted by atomic mass is 10.0. The number of phenols is 1. The van der Waals surface area contributed by atoms with Gasteiger partial charge in [0.2, 0.25) is 0 Å². The Bertz CT molecular complexity index is 688. The summed E-state index contributed by atoms with van der Waals surface area (Å²) in [6.07, 6.45) is 0.788. The number of benzene rings is 2. The zero-order valence-electron chi connectivity index (χ0n) is 11.1. The molecule has 20 heavy (non-hydrogen) atoms. The molecule has 0 fully saturated rings. The van der Waals surface area contributed by atoms with Crippen molar-refractivity contribution in [1.82, 2.24) is 0 Å². The third-order valence-electron chi connectivity index (χ3n) is 2.94.